The minimum absolute atomic E-state index is 0.170. The Bertz CT molecular complexity index is 152. The van der Waals surface area contributed by atoms with E-state index in [9.17, 15) is 5.11 Å². The van der Waals surface area contributed by atoms with Gasteiger partial charge in [0.25, 0.3) is 0 Å². The predicted molar refractivity (Wildman–Crippen MR) is 57.3 cm³/mol. The largest absolute Gasteiger partial charge is 0.394 e. The highest BCUT2D eigenvalue weighted by atomic mass is 17.5. The second kappa shape index (κ2) is 8.90. The Kier molecular flexibility index (Phi) is 7.71. The van der Waals surface area contributed by atoms with E-state index in [1.807, 2.05) is 0 Å². The molecule has 0 bridgehead atoms. The van der Waals surface area contributed by atoms with Crippen LogP contribution < -0.4 is 0 Å². The molecule has 0 aromatic rings. The first-order chi connectivity index (χ1) is 7.83. The highest BCUT2D eigenvalue weighted by Gasteiger charge is 2.14. The van der Waals surface area contributed by atoms with Crippen LogP contribution in [0.4, 0.5) is 0 Å². The van der Waals surface area contributed by atoms with Gasteiger partial charge in [0, 0.05) is 0 Å². The van der Waals surface area contributed by atoms with Gasteiger partial charge in [0.15, 0.2) is 0 Å². The molecule has 1 rings (SSSR count). The van der Waals surface area contributed by atoms with E-state index in [0.29, 0.717) is 25.6 Å². The third kappa shape index (κ3) is 6.40. The molecule has 2 atom stereocenters. The second-order valence-corrected chi connectivity index (χ2v) is 4.29. The monoisotopic (exact) mass is 234 g/mol. The van der Waals surface area contributed by atoms with Crippen LogP contribution in [0.5, 0.6) is 0 Å². The molecule has 0 aromatic carbocycles. The Labute approximate surface area is 96.2 Å². The standard InChI is InChI=1S/C11H22O5/c12-9-11(13)8-10-4-2-1-3-6-14-16-15-7-5-10/h10-13H,1-9H2. The van der Waals surface area contributed by atoms with Crippen molar-refractivity contribution in [3.8, 4) is 0 Å². The predicted octanol–water partition coefficient (Wildman–Crippen LogP) is 1.19. The third-order valence-corrected chi connectivity index (χ3v) is 2.86. The van der Waals surface area contributed by atoms with Gasteiger partial charge in [-0.25, -0.2) is 9.78 Å². The summed E-state index contributed by atoms with van der Waals surface area (Å²) in [6, 6.07) is 0. The Morgan fingerprint density at radius 3 is 2.69 bits per heavy atom. The lowest BCUT2D eigenvalue weighted by molar-refractivity contribution is -0.512. The van der Waals surface area contributed by atoms with E-state index in [1.165, 1.54) is 0 Å². The molecule has 1 aliphatic heterocycles. The highest BCUT2D eigenvalue weighted by Crippen LogP contribution is 2.20. The normalized spacial score (nSPS) is 27.0. The van der Waals surface area contributed by atoms with Gasteiger partial charge in [0.1, 0.15) is 0 Å². The Morgan fingerprint density at radius 2 is 1.88 bits per heavy atom. The van der Waals surface area contributed by atoms with E-state index in [0.717, 1.165) is 32.1 Å². The summed E-state index contributed by atoms with van der Waals surface area (Å²) >= 11 is 0. The quantitative estimate of drug-likeness (QED) is 0.718. The third-order valence-electron chi connectivity index (χ3n) is 2.86. The van der Waals surface area contributed by atoms with E-state index in [1.54, 1.807) is 0 Å². The van der Waals surface area contributed by atoms with Gasteiger partial charge in [0.05, 0.1) is 25.9 Å². The molecule has 0 radical (unpaired) electrons. The number of hydrogen-bond donors (Lipinski definition) is 2. The highest BCUT2D eigenvalue weighted by molar-refractivity contribution is 4.65. The van der Waals surface area contributed by atoms with Crippen molar-refractivity contribution in [2.24, 2.45) is 5.92 Å². The van der Waals surface area contributed by atoms with Gasteiger partial charge in [-0.3, -0.25) is 0 Å². The number of aliphatic hydroxyl groups excluding tert-OH is 2. The summed E-state index contributed by atoms with van der Waals surface area (Å²) in [7, 11) is 0. The summed E-state index contributed by atoms with van der Waals surface area (Å²) in [5.74, 6) is 0.379. The van der Waals surface area contributed by atoms with Crippen molar-refractivity contribution in [3.05, 3.63) is 0 Å². The van der Waals surface area contributed by atoms with Crippen molar-refractivity contribution in [1.29, 1.82) is 0 Å². The van der Waals surface area contributed by atoms with Gasteiger partial charge >= 0.3 is 0 Å². The second-order valence-electron chi connectivity index (χ2n) is 4.29. The topological polar surface area (TPSA) is 68.2 Å². The Morgan fingerprint density at radius 1 is 1.06 bits per heavy atom. The summed E-state index contributed by atoms with van der Waals surface area (Å²) in [6.45, 7) is 0.851. The van der Waals surface area contributed by atoms with E-state index >= 15 is 0 Å². The zero-order chi connectivity index (χ0) is 11.6. The molecule has 96 valence electrons. The van der Waals surface area contributed by atoms with Gasteiger partial charge in [-0.05, 0) is 25.2 Å². The molecule has 1 saturated heterocycles. The van der Waals surface area contributed by atoms with Crippen LogP contribution in [0.25, 0.3) is 0 Å². The fourth-order valence-electron chi connectivity index (χ4n) is 1.93. The van der Waals surface area contributed by atoms with Crippen molar-refractivity contribution in [2.75, 3.05) is 19.8 Å². The van der Waals surface area contributed by atoms with Crippen LogP contribution in [0, 0.1) is 5.92 Å². The lowest BCUT2D eigenvalue weighted by Crippen LogP contribution is -2.18. The minimum Gasteiger partial charge on any atom is -0.394 e. The smallest absolute Gasteiger partial charge is 0.0856 e. The maximum atomic E-state index is 9.41. The SMILES string of the molecule is OCC(O)CC1CCCCCOOOCC1. The van der Waals surface area contributed by atoms with Crippen molar-refractivity contribution in [3.63, 3.8) is 0 Å². The van der Waals surface area contributed by atoms with Crippen LogP contribution >= 0.6 is 0 Å². The van der Waals surface area contributed by atoms with E-state index in [-0.39, 0.29) is 6.61 Å². The Hall–Kier alpha value is -0.200. The van der Waals surface area contributed by atoms with E-state index in [4.69, 9.17) is 14.9 Å². The summed E-state index contributed by atoms with van der Waals surface area (Å²) in [5.41, 5.74) is 0. The molecule has 2 unspecified atom stereocenters. The summed E-state index contributed by atoms with van der Waals surface area (Å²) in [5, 5.41) is 22.8. The zero-order valence-electron chi connectivity index (χ0n) is 9.64. The molecule has 5 heteroatoms. The first kappa shape index (κ1) is 13.9. The molecule has 1 heterocycles. The maximum absolute atomic E-state index is 9.41. The summed E-state index contributed by atoms with van der Waals surface area (Å²) in [6.07, 6.45) is 5.05. The number of hydrogen-bond acceptors (Lipinski definition) is 5. The van der Waals surface area contributed by atoms with Crippen LogP contribution in [-0.4, -0.2) is 36.1 Å². The van der Waals surface area contributed by atoms with Gasteiger partial charge in [-0.1, -0.05) is 24.3 Å². The fraction of sp³-hybridized carbons (Fsp3) is 1.00. The minimum atomic E-state index is -0.618. The van der Waals surface area contributed by atoms with Crippen molar-refractivity contribution in [2.45, 2.75) is 44.6 Å². The maximum Gasteiger partial charge on any atom is 0.0856 e. The molecule has 5 nitrogen and oxygen atoms in total. The number of rotatable bonds is 3. The molecule has 0 saturated carbocycles. The first-order valence-corrected chi connectivity index (χ1v) is 6.03. The molecule has 0 amide bonds. The van der Waals surface area contributed by atoms with Crippen LogP contribution in [0.15, 0.2) is 0 Å². The molecule has 2 N–H and O–H groups in total. The number of aliphatic hydroxyl groups is 2. The molecule has 0 aliphatic carbocycles. The van der Waals surface area contributed by atoms with Crippen LogP contribution in [-0.2, 0) is 14.8 Å². The molecule has 0 aromatic heterocycles. The van der Waals surface area contributed by atoms with Gasteiger partial charge in [-0.15, -0.1) is 0 Å². The molecule has 0 spiro atoms. The zero-order valence-corrected chi connectivity index (χ0v) is 9.64. The Balaban J connectivity index is 2.27. The molecule has 16 heavy (non-hydrogen) atoms. The fourth-order valence-corrected chi connectivity index (χ4v) is 1.93. The average molecular weight is 234 g/mol. The van der Waals surface area contributed by atoms with Gasteiger partial charge in [0.2, 0.25) is 0 Å². The van der Waals surface area contributed by atoms with Crippen molar-refractivity contribution in [1.82, 2.24) is 0 Å². The van der Waals surface area contributed by atoms with Crippen LogP contribution in [0.2, 0.25) is 0 Å². The van der Waals surface area contributed by atoms with Crippen molar-refractivity contribution >= 4 is 0 Å². The molecule has 1 fully saturated rings. The van der Waals surface area contributed by atoms with E-state index < -0.39 is 6.10 Å². The van der Waals surface area contributed by atoms with Gasteiger partial charge in [-0.2, -0.15) is 0 Å². The summed E-state index contributed by atoms with van der Waals surface area (Å²) in [4.78, 5) is 9.64. The average Bonchev–Trinajstić information content (AvgIpc) is 2.35. The lowest BCUT2D eigenvalue weighted by Gasteiger charge is -2.18. The molecular formula is C11H22O5. The lowest BCUT2D eigenvalue weighted by atomic mass is 9.92. The van der Waals surface area contributed by atoms with Gasteiger partial charge < -0.3 is 10.2 Å². The van der Waals surface area contributed by atoms with Crippen molar-refractivity contribution < 1.29 is 25.0 Å². The molecule has 1 aliphatic rings. The molecular weight excluding hydrogens is 212 g/mol. The first-order valence-electron chi connectivity index (χ1n) is 6.03. The summed E-state index contributed by atoms with van der Waals surface area (Å²) < 4.78 is 0. The van der Waals surface area contributed by atoms with Crippen LogP contribution in [0.1, 0.15) is 38.5 Å². The van der Waals surface area contributed by atoms with E-state index in [2.05, 4.69) is 5.04 Å². The van der Waals surface area contributed by atoms with Crippen LogP contribution in [0.3, 0.4) is 0 Å².